The maximum Gasteiger partial charge on any atom is 0.355 e. The Morgan fingerprint density at radius 1 is 0.974 bits per heavy atom. The number of ether oxygens (including phenoxy) is 2. The lowest BCUT2D eigenvalue weighted by atomic mass is 9.86. The number of fused-ring (bicyclic) bond motifs is 1. The van der Waals surface area contributed by atoms with Crippen LogP contribution in [0.4, 0.5) is 0 Å². The number of carboxylic acid groups (broad SMARTS) is 1. The van der Waals surface area contributed by atoms with Crippen LogP contribution in [0.1, 0.15) is 31.4 Å². The number of aliphatic carboxylic acids is 1. The smallest absolute Gasteiger partial charge is 0.355 e. The van der Waals surface area contributed by atoms with Crippen LogP contribution < -0.4 is 15.2 Å². The molecule has 0 fully saturated rings. The SMILES string of the molecule is COc1cc2c(cc1OC)C(C)(C)CC2=C(C(=O)O)C(C#N)=C(C(N)=O)[Si](C)(O[Si](C)(C)C)O[Si](C)(C)C. The van der Waals surface area contributed by atoms with E-state index in [0.29, 0.717) is 29.1 Å². The van der Waals surface area contributed by atoms with Crippen molar-refractivity contribution in [3.8, 4) is 17.6 Å². The van der Waals surface area contributed by atoms with Gasteiger partial charge in [0.25, 0.3) is 0 Å². The highest BCUT2D eigenvalue weighted by Crippen LogP contribution is 2.51. The number of rotatable bonds is 10. The quantitative estimate of drug-likeness (QED) is 0.229. The Labute approximate surface area is 228 Å². The Hall–Kier alpha value is -2.70. The van der Waals surface area contributed by atoms with Crippen molar-refractivity contribution in [2.75, 3.05) is 14.2 Å². The van der Waals surface area contributed by atoms with Gasteiger partial charge >= 0.3 is 14.5 Å². The zero-order valence-electron chi connectivity index (χ0n) is 24.3. The zero-order valence-corrected chi connectivity index (χ0v) is 27.3. The summed E-state index contributed by atoms with van der Waals surface area (Å²) in [5.74, 6) is -1.33. The van der Waals surface area contributed by atoms with E-state index in [1.165, 1.54) is 14.2 Å². The number of hydrogen-bond acceptors (Lipinski definition) is 7. The standard InChI is InChI=1S/C26H40N2O7Si3/c1-26(2)14-17(16-12-20(32-3)21(33-4)13-19(16)26)22(25(30)31)18(15-27)23(24(28)29)38(11,34-36(5,6)7)35-37(8,9)10/h12-13H,14H2,1-11H3,(H2,28,29)(H,30,31). The van der Waals surface area contributed by atoms with E-state index >= 15 is 0 Å². The molecule has 1 amide bonds. The topological polar surface area (TPSA) is 141 Å². The van der Waals surface area contributed by atoms with E-state index in [9.17, 15) is 20.0 Å². The summed E-state index contributed by atoms with van der Waals surface area (Å²) in [6.45, 7) is 17.3. The van der Waals surface area contributed by atoms with Gasteiger partial charge in [-0.25, -0.2) is 4.79 Å². The van der Waals surface area contributed by atoms with Crippen molar-refractivity contribution < 1.29 is 32.4 Å². The lowest BCUT2D eigenvalue weighted by Gasteiger charge is -2.39. The molecule has 0 saturated carbocycles. The van der Waals surface area contributed by atoms with Gasteiger partial charge < -0.3 is 28.5 Å². The van der Waals surface area contributed by atoms with Gasteiger partial charge in [-0.2, -0.15) is 5.26 Å². The molecule has 2 rings (SSSR count). The van der Waals surface area contributed by atoms with Gasteiger partial charge in [0, 0.05) is 0 Å². The number of amides is 1. The maximum atomic E-state index is 13.1. The Morgan fingerprint density at radius 3 is 1.82 bits per heavy atom. The van der Waals surface area contributed by atoms with Crippen LogP contribution in [0.2, 0.25) is 45.8 Å². The second-order valence-corrected chi connectivity index (χ2v) is 24.5. The number of nitrogens with zero attached hydrogens (tertiary/aromatic N) is 1. The zero-order chi connectivity index (χ0) is 29.4. The van der Waals surface area contributed by atoms with Crippen molar-refractivity contribution in [1.29, 1.82) is 5.26 Å². The minimum atomic E-state index is -3.65. The van der Waals surface area contributed by atoms with Gasteiger partial charge in [-0.15, -0.1) is 0 Å². The third-order valence-corrected chi connectivity index (χ3v) is 15.4. The van der Waals surface area contributed by atoms with Crippen molar-refractivity contribution in [2.24, 2.45) is 5.73 Å². The van der Waals surface area contributed by atoms with Crippen LogP contribution >= 0.6 is 0 Å². The van der Waals surface area contributed by atoms with Crippen LogP contribution in [0.5, 0.6) is 11.5 Å². The number of nitrogens with two attached hydrogens (primary N) is 1. The number of hydrogen-bond donors (Lipinski definition) is 2. The summed E-state index contributed by atoms with van der Waals surface area (Å²) in [6, 6.07) is 5.56. The highest BCUT2D eigenvalue weighted by Gasteiger charge is 2.49. The molecule has 1 aromatic rings. The van der Waals surface area contributed by atoms with E-state index < -0.39 is 42.5 Å². The molecule has 0 radical (unpaired) electrons. The monoisotopic (exact) mass is 576 g/mol. The molecule has 1 aliphatic carbocycles. The summed E-state index contributed by atoms with van der Waals surface area (Å²) in [5.41, 5.74) is 6.70. The third kappa shape index (κ3) is 6.65. The van der Waals surface area contributed by atoms with E-state index in [1.54, 1.807) is 12.6 Å². The molecule has 0 heterocycles. The third-order valence-electron chi connectivity index (χ3n) is 6.03. The van der Waals surface area contributed by atoms with Crippen LogP contribution in [-0.2, 0) is 23.2 Å². The molecule has 12 heteroatoms. The molecule has 9 nitrogen and oxygen atoms in total. The Morgan fingerprint density at radius 2 is 1.45 bits per heavy atom. The predicted octanol–water partition coefficient (Wildman–Crippen LogP) is 4.84. The highest BCUT2D eigenvalue weighted by atomic mass is 28.5. The van der Waals surface area contributed by atoms with Crippen LogP contribution in [0.15, 0.2) is 28.5 Å². The van der Waals surface area contributed by atoms with Gasteiger partial charge in [0.05, 0.1) is 30.6 Å². The molecular weight excluding hydrogens is 537 g/mol. The van der Waals surface area contributed by atoms with E-state index in [4.69, 9.17) is 23.4 Å². The summed E-state index contributed by atoms with van der Waals surface area (Å²) in [6.07, 6.45) is 0.305. The molecule has 0 spiro atoms. The molecule has 0 bridgehead atoms. The second kappa shape index (κ2) is 10.8. The first-order valence-electron chi connectivity index (χ1n) is 12.3. The summed E-state index contributed by atoms with van der Waals surface area (Å²) in [7, 11) is -5.31. The summed E-state index contributed by atoms with van der Waals surface area (Å²) >= 11 is 0. The van der Waals surface area contributed by atoms with Crippen molar-refractivity contribution in [3.05, 3.63) is 39.6 Å². The lowest BCUT2D eigenvalue weighted by Crippen LogP contribution is -2.57. The van der Waals surface area contributed by atoms with E-state index in [1.807, 2.05) is 65.3 Å². The fourth-order valence-corrected chi connectivity index (χ4v) is 16.8. The van der Waals surface area contributed by atoms with Crippen LogP contribution in [0.25, 0.3) is 5.57 Å². The number of allylic oxidation sites excluding steroid dienone is 1. The van der Waals surface area contributed by atoms with Gasteiger partial charge in [-0.3, -0.25) is 4.79 Å². The lowest BCUT2D eigenvalue weighted by molar-refractivity contribution is -0.132. The molecule has 38 heavy (non-hydrogen) atoms. The summed E-state index contributed by atoms with van der Waals surface area (Å²) < 4.78 is 24.0. The molecule has 0 unspecified atom stereocenters. The normalized spacial score (nSPS) is 17.2. The molecule has 0 aromatic heterocycles. The largest absolute Gasteiger partial charge is 0.493 e. The minimum Gasteiger partial charge on any atom is -0.493 e. The Balaban J connectivity index is 3.10. The number of carboxylic acids is 1. The van der Waals surface area contributed by atoms with Crippen molar-refractivity contribution in [1.82, 2.24) is 0 Å². The van der Waals surface area contributed by atoms with Gasteiger partial charge in [0.2, 0.25) is 5.91 Å². The summed E-state index contributed by atoms with van der Waals surface area (Å²) in [4.78, 5) is 26.0. The maximum absolute atomic E-state index is 13.1. The number of benzene rings is 1. The van der Waals surface area contributed by atoms with Crippen LogP contribution in [0.3, 0.4) is 0 Å². The minimum absolute atomic E-state index is 0.165. The van der Waals surface area contributed by atoms with Gasteiger partial charge in [-0.1, -0.05) is 13.8 Å². The number of nitriles is 1. The fourth-order valence-electron chi connectivity index (χ4n) is 5.03. The molecule has 1 aliphatic rings. The fraction of sp³-hybridized carbons (Fsp3) is 0.500. The first-order valence-corrected chi connectivity index (χ1v) is 21.4. The van der Waals surface area contributed by atoms with Crippen LogP contribution in [-0.4, -0.2) is 56.4 Å². The second-order valence-electron chi connectivity index (χ2n) is 12.1. The highest BCUT2D eigenvalue weighted by molar-refractivity contribution is 6.93. The molecule has 0 atom stereocenters. The van der Waals surface area contributed by atoms with Crippen molar-refractivity contribution in [3.63, 3.8) is 0 Å². The molecule has 3 N–H and O–H groups in total. The van der Waals surface area contributed by atoms with Gasteiger partial charge in [-0.05, 0) is 86.5 Å². The van der Waals surface area contributed by atoms with Crippen molar-refractivity contribution in [2.45, 2.75) is 71.5 Å². The average molecular weight is 577 g/mol. The first-order chi connectivity index (χ1) is 17.2. The Bertz CT molecular complexity index is 1230. The Kier molecular flexibility index (Phi) is 8.97. The molecule has 1 aromatic carbocycles. The van der Waals surface area contributed by atoms with E-state index in [-0.39, 0.29) is 16.3 Å². The molecule has 0 saturated heterocycles. The molecular formula is C26H40N2O7Si3. The van der Waals surface area contributed by atoms with Gasteiger partial charge in [0.1, 0.15) is 6.07 Å². The first kappa shape index (κ1) is 31.5. The number of primary amides is 1. The number of carbonyl (C=O) groups is 2. The average Bonchev–Trinajstić information content (AvgIpc) is 2.98. The summed E-state index contributed by atoms with van der Waals surface area (Å²) in [5, 5.41) is 20.8. The number of methoxy groups -OCH3 is 2. The van der Waals surface area contributed by atoms with Crippen LogP contribution in [0, 0.1) is 11.3 Å². The van der Waals surface area contributed by atoms with Crippen molar-refractivity contribution >= 4 is 42.6 Å². The predicted molar refractivity (Wildman–Crippen MR) is 154 cm³/mol. The molecule has 0 aliphatic heterocycles. The van der Waals surface area contributed by atoms with Gasteiger partial charge in [0.15, 0.2) is 28.1 Å². The molecule has 208 valence electrons. The van der Waals surface area contributed by atoms with E-state index in [2.05, 4.69) is 0 Å². The number of carbonyl (C=O) groups excluding carboxylic acids is 1. The van der Waals surface area contributed by atoms with E-state index in [0.717, 1.165) is 5.56 Å².